The average molecular weight is 296 g/mol. The van der Waals surface area contributed by atoms with Crippen LogP contribution in [0.4, 0.5) is 0 Å². The Hall–Kier alpha value is -0.120. The van der Waals surface area contributed by atoms with E-state index in [9.17, 15) is 0 Å². The van der Waals surface area contributed by atoms with Gasteiger partial charge in [-0.05, 0) is 68.9 Å². The van der Waals surface area contributed by atoms with Gasteiger partial charge in [0.25, 0.3) is 0 Å². The maximum absolute atomic E-state index is 6.07. The third kappa shape index (κ3) is 4.67. The van der Waals surface area contributed by atoms with Crippen molar-refractivity contribution in [2.75, 3.05) is 33.4 Å². The van der Waals surface area contributed by atoms with Crippen LogP contribution in [0.3, 0.4) is 0 Å². The van der Waals surface area contributed by atoms with E-state index in [1.54, 1.807) is 0 Å². The van der Waals surface area contributed by atoms with E-state index in [2.05, 4.69) is 32.7 Å². The molecule has 2 rings (SSSR count). The number of hydrogen-bond donors (Lipinski definition) is 1. The lowest BCUT2D eigenvalue weighted by Crippen LogP contribution is -2.48. The Labute approximate surface area is 131 Å². The van der Waals surface area contributed by atoms with Gasteiger partial charge in [0.15, 0.2) is 0 Å². The second kappa shape index (κ2) is 7.43. The fourth-order valence-electron chi connectivity index (χ4n) is 4.28. The first kappa shape index (κ1) is 17.2. The van der Waals surface area contributed by atoms with E-state index in [0.717, 1.165) is 31.6 Å². The van der Waals surface area contributed by atoms with E-state index in [-0.39, 0.29) is 0 Å². The van der Waals surface area contributed by atoms with E-state index < -0.39 is 0 Å². The smallest absolute Gasteiger partial charge is 0.0469 e. The summed E-state index contributed by atoms with van der Waals surface area (Å²) in [4.78, 5) is 2.63. The van der Waals surface area contributed by atoms with Crippen LogP contribution in [0, 0.1) is 23.2 Å². The quantitative estimate of drug-likeness (QED) is 0.866. The van der Waals surface area contributed by atoms with Crippen molar-refractivity contribution in [3.05, 3.63) is 0 Å². The second-order valence-electron chi connectivity index (χ2n) is 8.43. The zero-order chi connectivity index (χ0) is 15.5. The molecular weight excluding hydrogens is 260 g/mol. The van der Waals surface area contributed by atoms with Crippen molar-refractivity contribution in [2.24, 2.45) is 28.9 Å². The molecule has 0 bridgehead atoms. The van der Waals surface area contributed by atoms with Crippen LogP contribution in [0.25, 0.3) is 0 Å². The lowest BCUT2D eigenvalue weighted by molar-refractivity contribution is 0.0228. The van der Waals surface area contributed by atoms with E-state index >= 15 is 0 Å². The Balaban J connectivity index is 1.95. The Kier molecular flexibility index (Phi) is 6.10. The first-order valence-electron chi connectivity index (χ1n) is 8.90. The van der Waals surface area contributed by atoms with Gasteiger partial charge in [-0.1, -0.05) is 20.8 Å². The summed E-state index contributed by atoms with van der Waals surface area (Å²) in [6, 6.07) is 0.677. The summed E-state index contributed by atoms with van der Waals surface area (Å²) in [5, 5.41) is 0. The summed E-state index contributed by atoms with van der Waals surface area (Å²) in [5.74, 6) is 2.34. The molecule has 3 unspecified atom stereocenters. The van der Waals surface area contributed by atoms with Gasteiger partial charge in [0.2, 0.25) is 0 Å². The molecule has 1 saturated heterocycles. The molecule has 1 aliphatic heterocycles. The molecule has 124 valence electrons. The van der Waals surface area contributed by atoms with Crippen molar-refractivity contribution >= 4 is 0 Å². The molecule has 3 atom stereocenters. The summed E-state index contributed by atoms with van der Waals surface area (Å²) in [6.07, 6.45) is 6.44. The summed E-state index contributed by atoms with van der Waals surface area (Å²) in [6.45, 7) is 11.2. The number of nitrogens with zero attached hydrogens (tertiary/aromatic N) is 1. The molecule has 3 heteroatoms. The van der Waals surface area contributed by atoms with Gasteiger partial charge in [0, 0.05) is 25.8 Å². The minimum atomic E-state index is 0.428. The molecule has 0 spiro atoms. The number of ether oxygens (including phenoxy) is 1. The third-order valence-electron chi connectivity index (χ3n) is 5.94. The Morgan fingerprint density at radius 2 is 1.76 bits per heavy atom. The van der Waals surface area contributed by atoms with Crippen molar-refractivity contribution in [3.63, 3.8) is 0 Å². The molecule has 2 fully saturated rings. The SMILES string of the molecule is CN(CC1CCOCC1)C1CC(C(C)(C)C)CCC1CN. The first-order chi connectivity index (χ1) is 9.91. The van der Waals surface area contributed by atoms with Crippen LogP contribution < -0.4 is 5.73 Å². The highest BCUT2D eigenvalue weighted by atomic mass is 16.5. The van der Waals surface area contributed by atoms with Gasteiger partial charge >= 0.3 is 0 Å². The highest BCUT2D eigenvalue weighted by Gasteiger charge is 2.37. The fourth-order valence-corrected chi connectivity index (χ4v) is 4.28. The van der Waals surface area contributed by atoms with E-state index in [4.69, 9.17) is 10.5 Å². The molecule has 1 saturated carbocycles. The molecule has 0 aromatic carbocycles. The monoisotopic (exact) mass is 296 g/mol. The lowest BCUT2D eigenvalue weighted by Gasteiger charge is -2.46. The van der Waals surface area contributed by atoms with Crippen molar-refractivity contribution in [1.82, 2.24) is 4.90 Å². The molecule has 21 heavy (non-hydrogen) atoms. The van der Waals surface area contributed by atoms with Crippen LogP contribution in [0.5, 0.6) is 0 Å². The van der Waals surface area contributed by atoms with Gasteiger partial charge in [-0.15, -0.1) is 0 Å². The fraction of sp³-hybridized carbons (Fsp3) is 1.00. The maximum atomic E-state index is 6.07. The molecule has 1 heterocycles. The van der Waals surface area contributed by atoms with Crippen molar-refractivity contribution in [2.45, 2.75) is 58.9 Å². The Bertz CT molecular complexity index is 307. The largest absolute Gasteiger partial charge is 0.381 e. The van der Waals surface area contributed by atoms with Crippen LogP contribution >= 0.6 is 0 Å². The number of nitrogens with two attached hydrogens (primary N) is 1. The minimum Gasteiger partial charge on any atom is -0.381 e. The predicted octanol–water partition coefficient (Wildman–Crippen LogP) is 3.13. The molecule has 0 radical (unpaired) electrons. The molecule has 0 aromatic rings. The first-order valence-corrected chi connectivity index (χ1v) is 8.90. The summed E-state index contributed by atoms with van der Waals surface area (Å²) < 4.78 is 5.49. The molecule has 2 N–H and O–H groups in total. The van der Waals surface area contributed by atoms with Crippen molar-refractivity contribution in [3.8, 4) is 0 Å². The molecule has 0 amide bonds. The zero-order valence-electron chi connectivity index (χ0n) is 14.6. The highest BCUT2D eigenvalue weighted by Crippen LogP contribution is 2.41. The topological polar surface area (TPSA) is 38.5 Å². The molecular formula is C18H36N2O. The zero-order valence-corrected chi connectivity index (χ0v) is 14.6. The van der Waals surface area contributed by atoms with Crippen LogP contribution in [-0.4, -0.2) is 44.3 Å². The molecule has 0 aromatic heterocycles. The number of rotatable bonds is 4. The van der Waals surface area contributed by atoms with Gasteiger partial charge < -0.3 is 15.4 Å². The van der Waals surface area contributed by atoms with Crippen LogP contribution in [0.15, 0.2) is 0 Å². The van der Waals surface area contributed by atoms with Gasteiger partial charge in [-0.2, -0.15) is 0 Å². The molecule has 2 aliphatic rings. The molecule has 3 nitrogen and oxygen atoms in total. The van der Waals surface area contributed by atoms with Crippen molar-refractivity contribution in [1.29, 1.82) is 0 Å². The van der Waals surface area contributed by atoms with Gasteiger partial charge in [-0.25, -0.2) is 0 Å². The lowest BCUT2D eigenvalue weighted by atomic mass is 9.67. The number of hydrogen-bond acceptors (Lipinski definition) is 3. The predicted molar refractivity (Wildman–Crippen MR) is 89.3 cm³/mol. The van der Waals surface area contributed by atoms with Crippen molar-refractivity contribution < 1.29 is 4.74 Å². The summed E-state index contributed by atoms with van der Waals surface area (Å²) in [7, 11) is 2.33. The maximum Gasteiger partial charge on any atom is 0.0469 e. The van der Waals surface area contributed by atoms with Gasteiger partial charge in [-0.3, -0.25) is 0 Å². The summed E-state index contributed by atoms with van der Waals surface area (Å²) >= 11 is 0. The molecule has 1 aliphatic carbocycles. The van der Waals surface area contributed by atoms with E-state index in [1.165, 1.54) is 38.6 Å². The third-order valence-corrected chi connectivity index (χ3v) is 5.94. The summed E-state index contributed by atoms with van der Waals surface area (Å²) in [5.41, 5.74) is 6.50. The second-order valence-corrected chi connectivity index (χ2v) is 8.43. The van der Waals surface area contributed by atoms with Gasteiger partial charge in [0.05, 0.1) is 0 Å². The Morgan fingerprint density at radius 3 is 2.33 bits per heavy atom. The van der Waals surface area contributed by atoms with Crippen LogP contribution in [0.2, 0.25) is 0 Å². The van der Waals surface area contributed by atoms with Crippen LogP contribution in [-0.2, 0) is 4.74 Å². The average Bonchev–Trinajstić information content (AvgIpc) is 2.46. The standard InChI is InChI=1S/C18H36N2O/c1-18(2,3)16-6-5-15(12-19)17(11-16)20(4)13-14-7-9-21-10-8-14/h14-17H,5-13,19H2,1-4H3. The van der Waals surface area contributed by atoms with E-state index in [0.29, 0.717) is 17.4 Å². The normalized spacial score (nSPS) is 32.6. The van der Waals surface area contributed by atoms with E-state index in [1.807, 2.05) is 0 Å². The highest BCUT2D eigenvalue weighted by molar-refractivity contribution is 4.90. The van der Waals surface area contributed by atoms with Crippen LogP contribution in [0.1, 0.15) is 52.9 Å². The Morgan fingerprint density at radius 1 is 1.10 bits per heavy atom. The minimum absolute atomic E-state index is 0.428. The van der Waals surface area contributed by atoms with Gasteiger partial charge in [0.1, 0.15) is 0 Å².